The summed E-state index contributed by atoms with van der Waals surface area (Å²) in [6.07, 6.45) is 9.44. The van der Waals surface area contributed by atoms with Gasteiger partial charge in [-0.2, -0.15) is 5.10 Å². The first kappa shape index (κ1) is 55.7. The molecule has 2 aromatic carbocycles. The summed E-state index contributed by atoms with van der Waals surface area (Å²) in [5.74, 6) is -0.128. The molecule has 6 rings (SSSR count). The van der Waals surface area contributed by atoms with Gasteiger partial charge >= 0.3 is 0 Å². The zero-order valence-corrected chi connectivity index (χ0v) is 44.4. The van der Waals surface area contributed by atoms with Gasteiger partial charge in [0.15, 0.2) is 5.65 Å². The van der Waals surface area contributed by atoms with Crippen LogP contribution in [-0.2, 0) is 24.0 Å². The monoisotopic (exact) mass is 1010 g/mol. The molecule has 0 aliphatic carbocycles. The minimum Gasteiger partial charge on any atom is -0.489 e. The van der Waals surface area contributed by atoms with Crippen LogP contribution in [0.15, 0.2) is 67.0 Å². The van der Waals surface area contributed by atoms with Gasteiger partial charge in [0.25, 0.3) is 5.91 Å². The smallest absolute Gasteiger partial charge is 0.259 e. The predicted molar refractivity (Wildman–Crippen MR) is 282 cm³/mol. The molecule has 1 saturated heterocycles. The molecule has 2 aliphatic heterocycles. The lowest BCUT2D eigenvalue weighted by molar-refractivity contribution is -0.144. The number of nitrogens with one attached hydrogen (secondary N) is 6. The fourth-order valence-corrected chi connectivity index (χ4v) is 9.54. The fraction of sp³-hybridized carbons (Fsp3) is 0.564. The molecule has 0 unspecified atom stereocenters. The molecule has 0 spiro atoms. The SMILES string of the molecule is CC[C@@H](NC(=O)[C@@H]1C[C@H](NC(=O)CCCCCCCCC(=O)NCCN2C[C@H](C)Oc3ccc(C)cc3[C@@H](C)Nc3ccn4ncc(c4n3)C2=O)CN1C(=O)[C@@H](NC(=O)[C@H](C)NC)C(C)(C)C)c1ccccc1. The Morgan fingerprint density at radius 1 is 0.904 bits per heavy atom. The van der Waals surface area contributed by atoms with Gasteiger partial charge in [-0.1, -0.05) is 101 Å². The number of anilines is 1. The summed E-state index contributed by atoms with van der Waals surface area (Å²) in [4.78, 5) is 89.8. The van der Waals surface area contributed by atoms with Crippen molar-refractivity contribution in [1.82, 2.24) is 51.0 Å². The van der Waals surface area contributed by atoms with Gasteiger partial charge in [0, 0.05) is 50.3 Å². The molecule has 6 amide bonds. The number of hydrogen-bond donors (Lipinski definition) is 6. The van der Waals surface area contributed by atoms with E-state index in [1.807, 2.05) is 97.0 Å². The number of benzene rings is 2. The second-order valence-corrected chi connectivity index (χ2v) is 20.9. The molecular weight excluding hydrogens is 927 g/mol. The average molecular weight is 1010 g/mol. The van der Waals surface area contributed by atoms with Gasteiger partial charge in [0.2, 0.25) is 29.5 Å². The van der Waals surface area contributed by atoms with Crippen molar-refractivity contribution < 1.29 is 33.5 Å². The van der Waals surface area contributed by atoms with E-state index in [1.54, 1.807) is 29.6 Å². The zero-order chi connectivity index (χ0) is 52.8. The molecule has 0 saturated carbocycles. The number of likely N-dealkylation sites (tertiary alicyclic amines) is 1. The van der Waals surface area contributed by atoms with Crippen LogP contribution in [0.1, 0.15) is 152 Å². The predicted octanol–water partition coefficient (Wildman–Crippen LogP) is 6.16. The summed E-state index contributed by atoms with van der Waals surface area (Å²) >= 11 is 0. The number of rotatable bonds is 21. The van der Waals surface area contributed by atoms with E-state index < -0.39 is 29.6 Å². The lowest BCUT2D eigenvalue weighted by Crippen LogP contribution is -2.59. The van der Waals surface area contributed by atoms with Gasteiger partial charge in [0.1, 0.15) is 35.3 Å². The molecule has 1 fully saturated rings. The van der Waals surface area contributed by atoms with E-state index in [4.69, 9.17) is 9.72 Å². The summed E-state index contributed by atoms with van der Waals surface area (Å²) < 4.78 is 8.04. The number of carbonyl (C=O) groups is 6. The van der Waals surface area contributed by atoms with E-state index in [2.05, 4.69) is 43.1 Å². The van der Waals surface area contributed by atoms with Crippen LogP contribution in [0.3, 0.4) is 0 Å². The third kappa shape index (κ3) is 15.2. The van der Waals surface area contributed by atoms with E-state index in [0.717, 1.165) is 48.1 Å². The molecule has 4 aromatic rings. The van der Waals surface area contributed by atoms with Crippen molar-refractivity contribution in [3.05, 3.63) is 89.2 Å². The molecule has 18 heteroatoms. The second kappa shape index (κ2) is 25.9. The van der Waals surface area contributed by atoms with Crippen molar-refractivity contribution in [2.24, 2.45) is 5.41 Å². The lowest BCUT2D eigenvalue weighted by atomic mass is 9.85. The van der Waals surface area contributed by atoms with Gasteiger partial charge in [-0.15, -0.1) is 0 Å². The first-order valence-electron chi connectivity index (χ1n) is 26.2. The minimum absolute atomic E-state index is 0.0822. The second-order valence-electron chi connectivity index (χ2n) is 20.9. The number of hydrogen-bond acceptors (Lipinski definition) is 11. The van der Waals surface area contributed by atoms with Gasteiger partial charge < -0.3 is 46.4 Å². The molecule has 396 valence electrons. The highest BCUT2D eigenvalue weighted by Gasteiger charge is 2.46. The molecule has 6 N–H and O–H groups in total. The highest BCUT2D eigenvalue weighted by Crippen LogP contribution is 2.31. The van der Waals surface area contributed by atoms with Crippen molar-refractivity contribution in [3.8, 4) is 5.75 Å². The van der Waals surface area contributed by atoms with Crippen LogP contribution in [-0.4, -0.2) is 123 Å². The third-order valence-corrected chi connectivity index (χ3v) is 13.9. The maximum atomic E-state index is 14.4. The summed E-state index contributed by atoms with van der Waals surface area (Å²) in [5, 5.41) is 22.9. The lowest BCUT2D eigenvalue weighted by Gasteiger charge is -2.36. The van der Waals surface area contributed by atoms with Crippen molar-refractivity contribution in [2.75, 3.05) is 38.5 Å². The van der Waals surface area contributed by atoms with Crippen LogP contribution >= 0.6 is 0 Å². The van der Waals surface area contributed by atoms with Crippen LogP contribution in [0.25, 0.3) is 5.65 Å². The molecule has 2 aromatic heterocycles. The number of nitrogens with zero attached hydrogens (tertiary/aromatic N) is 5. The highest BCUT2D eigenvalue weighted by atomic mass is 16.5. The van der Waals surface area contributed by atoms with Crippen LogP contribution in [0.2, 0.25) is 0 Å². The third-order valence-electron chi connectivity index (χ3n) is 13.9. The molecule has 2 aliphatic rings. The Morgan fingerprint density at radius 3 is 2.29 bits per heavy atom. The molecule has 4 heterocycles. The van der Waals surface area contributed by atoms with Crippen molar-refractivity contribution in [1.29, 1.82) is 0 Å². The van der Waals surface area contributed by atoms with E-state index in [1.165, 1.54) is 11.1 Å². The summed E-state index contributed by atoms with van der Waals surface area (Å²) in [6, 6.07) is 14.5. The summed E-state index contributed by atoms with van der Waals surface area (Å²) in [5.41, 5.74) is 3.19. The van der Waals surface area contributed by atoms with Gasteiger partial charge in [-0.05, 0) is 83.5 Å². The molecule has 73 heavy (non-hydrogen) atoms. The largest absolute Gasteiger partial charge is 0.489 e. The summed E-state index contributed by atoms with van der Waals surface area (Å²) in [7, 11) is 1.67. The maximum Gasteiger partial charge on any atom is 0.259 e. The fourth-order valence-electron chi connectivity index (χ4n) is 9.54. The number of fused-ring (bicyclic) bond motifs is 2. The highest BCUT2D eigenvalue weighted by molar-refractivity contribution is 6.00. The van der Waals surface area contributed by atoms with E-state index in [9.17, 15) is 28.8 Å². The standard InChI is InChI=1S/C55H79N11O7/c1-10-43(39-20-16-15-17-21-39)61-52(70)44-31-40(34-65(44)54(72)49(55(6,7)8)63-51(69)38(5)56-9)60-48(68)23-19-14-12-11-13-18-22-47(67)57-27-29-64-33-36(3)73-45-25-24-35(2)30-41(45)37(4)59-46-26-28-66-50(62-46)42(32-58-66)53(64)71/h15-17,20-21,24-26,28,30,32,36-38,40,43-44,49,56H,10-14,18-19,22-23,27,29,31,33-34H2,1-9H3,(H,57,67)(H,59,62)(H,60,68)(H,61,70)(H,63,69)/t36-,37+,38-,40-,43+,44-,49+/m0/s1. The van der Waals surface area contributed by atoms with Crippen LogP contribution in [0.5, 0.6) is 5.75 Å². The Bertz CT molecular complexity index is 2530. The zero-order valence-electron chi connectivity index (χ0n) is 44.4. The maximum absolute atomic E-state index is 14.4. The van der Waals surface area contributed by atoms with Crippen molar-refractivity contribution >= 4 is 46.9 Å². The van der Waals surface area contributed by atoms with Gasteiger partial charge in [0.05, 0.1) is 30.9 Å². The minimum atomic E-state index is -0.907. The number of likely N-dealkylation sites (N-methyl/N-ethyl adjacent to an activating group) is 1. The number of amides is 6. The van der Waals surface area contributed by atoms with E-state index in [-0.39, 0.29) is 86.2 Å². The average Bonchev–Trinajstić information content (AvgIpc) is 3.99. The summed E-state index contributed by atoms with van der Waals surface area (Å²) in [6.45, 7) is 16.3. The van der Waals surface area contributed by atoms with Crippen molar-refractivity contribution in [3.63, 3.8) is 0 Å². The molecular formula is C55H79N11O7. The Morgan fingerprint density at radius 2 is 1.60 bits per heavy atom. The Hall–Kier alpha value is -6.56. The number of aromatic nitrogens is 3. The normalized spacial score (nSPS) is 19.3. The number of ether oxygens (including phenoxy) is 1. The molecule has 7 atom stereocenters. The Balaban J connectivity index is 0.943. The molecule has 18 nitrogen and oxygen atoms in total. The molecule has 0 radical (unpaired) electrons. The number of carbonyl (C=O) groups excluding carboxylic acids is 6. The Labute approximate surface area is 430 Å². The van der Waals surface area contributed by atoms with E-state index in [0.29, 0.717) is 49.1 Å². The number of unbranched alkanes of at least 4 members (excludes halogenated alkanes) is 5. The molecule has 2 bridgehead atoms. The van der Waals surface area contributed by atoms with Crippen LogP contribution in [0, 0.1) is 12.3 Å². The first-order valence-corrected chi connectivity index (χ1v) is 26.2. The van der Waals surface area contributed by atoms with Crippen LogP contribution in [0.4, 0.5) is 5.82 Å². The Kier molecular flexibility index (Phi) is 19.8. The van der Waals surface area contributed by atoms with Gasteiger partial charge in [-0.3, -0.25) is 28.8 Å². The first-order chi connectivity index (χ1) is 34.9. The topological polar surface area (TPSA) is 220 Å². The van der Waals surface area contributed by atoms with Crippen molar-refractivity contribution in [2.45, 2.75) is 162 Å². The quantitative estimate of drug-likeness (QED) is 0.0519. The van der Waals surface area contributed by atoms with E-state index >= 15 is 0 Å². The number of aryl methyl sites for hydroxylation is 1. The van der Waals surface area contributed by atoms with Gasteiger partial charge in [-0.25, -0.2) is 9.50 Å². The van der Waals surface area contributed by atoms with Crippen LogP contribution < -0.4 is 36.6 Å².